The molecule has 0 saturated heterocycles. The Morgan fingerprint density at radius 2 is 2.12 bits per heavy atom. The lowest BCUT2D eigenvalue weighted by Crippen LogP contribution is -2.28. The highest BCUT2D eigenvalue weighted by molar-refractivity contribution is 5.73. The van der Waals surface area contributed by atoms with Crippen molar-refractivity contribution in [2.75, 3.05) is 0 Å². The number of hydrogen-bond donors (Lipinski definition) is 2. The number of carboxylic acid groups (broad SMARTS) is 1. The number of nitrogens with two attached hydrogens (primary N) is 1. The first-order valence-electron chi connectivity index (χ1n) is 5.38. The van der Waals surface area contributed by atoms with Gasteiger partial charge in [0.25, 0.3) is 0 Å². The van der Waals surface area contributed by atoms with Crippen molar-refractivity contribution in [2.24, 2.45) is 11.1 Å². The fraction of sp³-hybridized carbons (Fsp3) is 0.462. The zero-order valence-corrected chi connectivity index (χ0v) is 10.0. The molecule has 88 valence electrons. The maximum absolute atomic E-state index is 11.0. The lowest BCUT2D eigenvalue weighted by Gasteiger charge is -2.23. The number of rotatable bonds is 4. The van der Waals surface area contributed by atoms with Crippen LogP contribution in [0.25, 0.3) is 0 Å². The Labute approximate surface area is 96.3 Å². The summed E-state index contributed by atoms with van der Waals surface area (Å²) in [5.74, 6) is -0.810. The molecule has 0 spiro atoms. The summed E-state index contributed by atoms with van der Waals surface area (Å²) in [6.07, 6.45) is 0.436. The van der Waals surface area contributed by atoms with Gasteiger partial charge >= 0.3 is 5.97 Å². The highest BCUT2D eigenvalue weighted by Gasteiger charge is 2.29. The second-order valence-electron chi connectivity index (χ2n) is 4.91. The molecule has 3 nitrogen and oxygen atoms in total. The lowest BCUT2D eigenvalue weighted by atomic mass is 9.84. The van der Waals surface area contributed by atoms with E-state index < -0.39 is 11.4 Å². The Kier molecular flexibility index (Phi) is 3.70. The van der Waals surface area contributed by atoms with Gasteiger partial charge in [-0.2, -0.15) is 0 Å². The van der Waals surface area contributed by atoms with E-state index in [-0.39, 0.29) is 6.04 Å². The average Bonchev–Trinajstić information content (AvgIpc) is 2.16. The zero-order valence-electron chi connectivity index (χ0n) is 10.0. The van der Waals surface area contributed by atoms with E-state index in [0.717, 1.165) is 11.1 Å². The minimum atomic E-state index is -0.810. The number of benzene rings is 1. The molecular weight excluding hydrogens is 202 g/mol. The van der Waals surface area contributed by atoms with Gasteiger partial charge in [0.05, 0.1) is 5.41 Å². The molecule has 0 aliphatic carbocycles. The summed E-state index contributed by atoms with van der Waals surface area (Å²) in [6.45, 7) is 5.40. The number of hydrogen-bond acceptors (Lipinski definition) is 2. The summed E-state index contributed by atoms with van der Waals surface area (Å²) in [4.78, 5) is 11.0. The molecule has 3 heteroatoms. The van der Waals surface area contributed by atoms with Crippen LogP contribution in [-0.2, 0) is 4.79 Å². The Bertz CT molecular complexity index is 385. The summed E-state index contributed by atoms with van der Waals surface area (Å²) < 4.78 is 0. The Morgan fingerprint density at radius 1 is 1.50 bits per heavy atom. The molecule has 0 amide bonds. The van der Waals surface area contributed by atoms with Crippen molar-refractivity contribution in [2.45, 2.75) is 33.2 Å². The SMILES string of the molecule is Cc1cccc(C(N)CC(C)(C)C(=O)O)c1. The van der Waals surface area contributed by atoms with Crippen LogP contribution >= 0.6 is 0 Å². The molecule has 0 aromatic heterocycles. The third kappa shape index (κ3) is 3.07. The molecule has 1 atom stereocenters. The lowest BCUT2D eigenvalue weighted by molar-refractivity contribution is -0.147. The fourth-order valence-electron chi connectivity index (χ4n) is 1.66. The van der Waals surface area contributed by atoms with Gasteiger partial charge in [0.15, 0.2) is 0 Å². The third-order valence-electron chi connectivity index (χ3n) is 2.78. The molecule has 0 bridgehead atoms. The van der Waals surface area contributed by atoms with Crippen LogP contribution in [0.2, 0.25) is 0 Å². The van der Waals surface area contributed by atoms with Gasteiger partial charge in [-0.25, -0.2) is 0 Å². The van der Waals surface area contributed by atoms with E-state index >= 15 is 0 Å². The van der Waals surface area contributed by atoms with Crippen molar-refractivity contribution in [3.8, 4) is 0 Å². The van der Waals surface area contributed by atoms with Gasteiger partial charge < -0.3 is 10.8 Å². The van der Waals surface area contributed by atoms with Crippen molar-refractivity contribution >= 4 is 5.97 Å². The van der Waals surface area contributed by atoms with Crippen LogP contribution in [0.3, 0.4) is 0 Å². The van der Waals surface area contributed by atoms with E-state index in [1.165, 1.54) is 0 Å². The molecule has 0 radical (unpaired) electrons. The molecule has 1 aromatic carbocycles. The van der Waals surface area contributed by atoms with Crippen LogP contribution in [0.15, 0.2) is 24.3 Å². The number of carboxylic acids is 1. The van der Waals surface area contributed by atoms with Gasteiger partial charge in [-0.3, -0.25) is 4.79 Å². The highest BCUT2D eigenvalue weighted by Crippen LogP contribution is 2.28. The first-order valence-corrected chi connectivity index (χ1v) is 5.38. The fourth-order valence-corrected chi connectivity index (χ4v) is 1.66. The molecule has 0 fully saturated rings. The molecule has 0 aliphatic heterocycles. The van der Waals surface area contributed by atoms with Crippen molar-refractivity contribution in [3.05, 3.63) is 35.4 Å². The number of aryl methyl sites for hydroxylation is 1. The van der Waals surface area contributed by atoms with Gasteiger partial charge in [-0.1, -0.05) is 29.8 Å². The average molecular weight is 221 g/mol. The largest absolute Gasteiger partial charge is 0.481 e. The topological polar surface area (TPSA) is 63.3 Å². The number of aliphatic carboxylic acids is 1. The summed E-state index contributed by atoms with van der Waals surface area (Å²) >= 11 is 0. The molecular formula is C13H19NO2. The minimum Gasteiger partial charge on any atom is -0.481 e. The Morgan fingerprint density at radius 3 is 2.62 bits per heavy atom. The normalized spacial score (nSPS) is 13.5. The summed E-state index contributed by atoms with van der Waals surface area (Å²) in [6, 6.07) is 7.65. The van der Waals surface area contributed by atoms with E-state index in [1.807, 2.05) is 31.2 Å². The molecule has 16 heavy (non-hydrogen) atoms. The van der Waals surface area contributed by atoms with Crippen molar-refractivity contribution in [1.29, 1.82) is 0 Å². The molecule has 1 unspecified atom stereocenters. The maximum atomic E-state index is 11.0. The Hall–Kier alpha value is -1.35. The molecule has 0 aliphatic rings. The first kappa shape index (κ1) is 12.7. The number of carbonyl (C=O) groups is 1. The van der Waals surface area contributed by atoms with Gasteiger partial charge in [-0.05, 0) is 32.8 Å². The summed E-state index contributed by atoms with van der Waals surface area (Å²) in [7, 11) is 0. The van der Waals surface area contributed by atoms with E-state index in [2.05, 4.69) is 0 Å². The van der Waals surface area contributed by atoms with E-state index in [4.69, 9.17) is 10.8 Å². The molecule has 1 aromatic rings. The van der Waals surface area contributed by atoms with Crippen LogP contribution in [0.1, 0.15) is 37.4 Å². The van der Waals surface area contributed by atoms with Crippen LogP contribution in [0.5, 0.6) is 0 Å². The van der Waals surface area contributed by atoms with Crippen LogP contribution in [-0.4, -0.2) is 11.1 Å². The zero-order chi connectivity index (χ0) is 12.3. The molecule has 0 saturated carbocycles. The van der Waals surface area contributed by atoms with E-state index in [9.17, 15) is 4.79 Å². The quantitative estimate of drug-likeness (QED) is 0.821. The van der Waals surface area contributed by atoms with Gasteiger partial charge in [0, 0.05) is 6.04 Å². The van der Waals surface area contributed by atoms with Crippen molar-refractivity contribution in [3.63, 3.8) is 0 Å². The van der Waals surface area contributed by atoms with Crippen LogP contribution < -0.4 is 5.73 Å². The summed E-state index contributed by atoms with van der Waals surface area (Å²) in [5.41, 5.74) is 7.37. The first-order chi connectivity index (χ1) is 7.33. The molecule has 3 N–H and O–H groups in total. The van der Waals surface area contributed by atoms with Crippen LogP contribution in [0.4, 0.5) is 0 Å². The molecule has 0 heterocycles. The highest BCUT2D eigenvalue weighted by atomic mass is 16.4. The predicted octanol–water partition coefficient (Wildman–Crippen LogP) is 2.50. The maximum Gasteiger partial charge on any atom is 0.309 e. The smallest absolute Gasteiger partial charge is 0.309 e. The third-order valence-corrected chi connectivity index (χ3v) is 2.78. The van der Waals surface area contributed by atoms with Crippen molar-refractivity contribution in [1.82, 2.24) is 0 Å². The van der Waals surface area contributed by atoms with Gasteiger partial charge in [0.2, 0.25) is 0 Å². The van der Waals surface area contributed by atoms with Gasteiger partial charge in [-0.15, -0.1) is 0 Å². The monoisotopic (exact) mass is 221 g/mol. The van der Waals surface area contributed by atoms with E-state index in [0.29, 0.717) is 6.42 Å². The second kappa shape index (κ2) is 4.66. The van der Waals surface area contributed by atoms with E-state index in [1.54, 1.807) is 13.8 Å². The predicted molar refractivity (Wildman–Crippen MR) is 64.1 cm³/mol. The summed E-state index contributed by atoms with van der Waals surface area (Å²) in [5, 5.41) is 9.04. The second-order valence-corrected chi connectivity index (χ2v) is 4.91. The van der Waals surface area contributed by atoms with Gasteiger partial charge in [0.1, 0.15) is 0 Å². The molecule has 1 rings (SSSR count). The minimum absolute atomic E-state index is 0.231. The standard InChI is InChI=1S/C13H19NO2/c1-9-5-4-6-10(7-9)11(14)8-13(2,3)12(15)16/h4-7,11H,8,14H2,1-3H3,(H,15,16). The van der Waals surface area contributed by atoms with Crippen molar-refractivity contribution < 1.29 is 9.90 Å². The Balaban J connectivity index is 2.80. The van der Waals surface area contributed by atoms with Crippen LogP contribution in [0, 0.1) is 12.3 Å².